The Morgan fingerprint density at radius 2 is 1.84 bits per heavy atom. The summed E-state index contributed by atoms with van der Waals surface area (Å²) in [6.07, 6.45) is 4.54. The molecular formula is C34H43N7O2. The molecule has 5 aromatic rings. The molecule has 1 saturated heterocycles. The molecule has 0 unspecified atom stereocenters. The lowest BCUT2D eigenvalue weighted by molar-refractivity contribution is 0.0378. The molecule has 3 N–H and O–H groups in total. The molecule has 3 heterocycles. The lowest BCUT2D eigenvalue weighted by Gasteiger charge is -2.26. The largest absolute Gasteiger partial charge is 0.396 e. The molecule has 0 atom stereocenters. The van der Waals surface area contributed by atoms with E-state index in [-0.39, 0.29) is 6.61 Å². The van der Waals surface area contributed by atoms with Crippen LogP contribution in [0.15, 0.2) is 60.9 Å². The number of hydrogen-bond donors (Lipinski definition) is 3. The van der Waals surface area contributed by atoms with Crippen molar-refractivity contribution < 1.29 is 9.84 Å². The Morgan fingerprint density at radius 3 is 2.70 bits per heavy atom. The van der Waals surface area contributed by atoms with Gasteiger partial charge in [0.1, 0.15) is 0 Å². The van der Waals surface area contributed by atoms with Crippen LogP contribution in [0.3, 0.4) is 0 Å². The summed E-state index contributed by atoms with van der Waals surface area (Å²) in [5.74, 6) is 0.889. The first-order valence-electron chi connectivity index (χ1n) is 15.5. The fourth-order valence-electron chi connectivity index (χ4n) is 5.96. The standard InChI is InChI=1S/C34H43N7O2/c1-25-9-11-27(7-4-17-42)30(20-25)36-22-26-10-12-29-32(21-26)41(23-28-6-3-8-31-33(28)37-24-39(31)2)34(38-29)35-13-5-14-40-15-18-43-19-16-40/h3,6,8-12,20-21,24,36,42H,4-5,7,13-19,22-23H2,1-2H3,(H,35,38). The van der Waals surface area contributed by atoms with Gasteiger partial charge in [-0.15, -0.1) is 0 Å². The Bertz CT molecular complexity index is 1670. The fourth-order valence-corrected chi connectivity index (χ4v) is 5.96. The van der Waals surface area contributed by atoms with Crippen molar-refractivity contribution in [3.63, 3.8) is 0 Å². The van der Waals surface area contributed by atoms with Crippen molar-refractivity contribution in [3.05, 3.63) is 83.2 Å². The number of aromatic nitrogens is 4. The summed E-state index contributed by atoms with van der Waals surface area (Å²) in [5.41, 5.74) is 10.2. The Balaban J connectivity index is 1.26. The zero-order valence-corrected chi connectivity index (χ0v) is 25.4. The van der Waals surface area contributed by atoms with E-state index in [0.29, 0.717) is 13.1 Å². The molecule has 226 valence electrons. The van der Waals surface area contributed by atoms with E-state index in [1.807, 2.05) is 13.4 Å². The number of nitrogens with one attached hydrogen (secondary N) is 2. The molecule has 1 aliphatic heterocycles. The van der Waals surface area contributed by atoms with Crippen molar-refractivity contribution in [3.8, 4) is 0 Å². The highest BCUT2D eigenvalue weighted by atomic mass is 16.5. The van der Waals surface area contributed by atoms with Gasteiger partial charge in [0.25, 0.3) is 0 Å². The smallest absolute Gasteiger partial charge is 0.204 e. The van der Waals surface area contributed by atoms with Crippen molar-refractivity contribution in [1.29, 1.82) is 0 Å². The Morgan fingerprint density at radius 1 is 0.953 bits per heavy atom. The molecule has 0 aliphatic carbocycles. The van der Waals surface area contributed by atoms with E-state index in [2.05, 4.69) is 86.2 Å². The maximum absolute atomic E-state index is 9.36. The van der Waals surface area contributed by atoms with Crippen LogP contribution in [0.25, 0.3) is 22.1 Å². The third kappa shape index (κ3) is 6.85. The van der Waals surface area contributed by atoms with Gasteiger partial charge in [0, 0.05) is 45.5 Å². The molecule has 1 fully saturated rings. The van der Waals surface area contributed by atoms with E-state index < -0.39 is 0 Å². The second-order valence-corrected chi connectivity index (χ2v) is 11.6. The number of aliphatic hydroxyl groups excluding tert-OH is 1. The van der Waals surface area contributed by atoms with Crippen LogP contribution in [-0.2, 0) is 31.3 Å². The summed E-state index contributed by atoms with van der Waals surface area (Å²) in [4.78, 5) is 12.2. The van der Waals surface area contributed by atoms with Crippen LogP contribution in [-0.4, -0.2) is 75.1 Å². The molecule has 9 nitrogen and oxygen atoms in total. The van der Waals surface area contributed by atoms with E-state index >= 15 is 0 Å². The summed E-state index contributed by atoms with van der Waals surface area (Å²) >= 11 is 0. The molecule has 43 heavy (non-hydrogen) atoms. The van der Waals surface area contributed by atoms with Crippen LogP contribution < -0.4 is 10.6 Å². The first-order valence-corrected chi connectivity index (χ1v) is 15.5. The first kappa shape index (κ1) is 29.2. The molecule has 0 spiro atoms. The van der Waals surface area contributed by atoms with Gasteiger partial charge in [-0.2, -0.15) is 0 Å². The lowest BCUT2D eigenvalue weighted by Crippen LogP contribution is -2.37. The first-order chi connectivity index (χ1) is 21.1. The number of imidazole rings is 2. The van der Waals surface area contributed by atoms with E-state index in [1.54, 1.807) is 0 Å². The maximum Gasteiger partial charge on any atom is 0.204 e. The molecule has 3 aromatic carbocycles. The van der Waals surface area contributed by atoms with Gasteiger partial charge in [-0.3, -0.25) is 4.90 Å². The highest BCUT2D eigenvalue weighted by molar-refractivity contribution is 5.82. The SMILES string of the molecule is Cc1ccc(CCCO)c(NCc2ccc3nc(NCCCN4CCOCC4)n(Cc4cccc5c4ncn5C)c3c2)c1. The van der Waals surface area contributed by atoms with Gasteiger partial charge in [0.2, 0.25) is 5.95 Å². The van der Waals surface area contributed by atoms with Crippen LogP contribution in [0.2, 0.25) is 0 Å². The number of aliphatic hydroxyl groups is 1. The number of para-hydroxylation sites is 1. The van der Waals surface area contributed by atoms with E-state index in [9.17, 15) is 5.11 Å². The van der Waals surface area contributed by atoms with Gasteiger partial charge in [-0.05, 0) is 79.3 Å². The molecule has 6 rings (SSSR count). The minimum atomic E-state index is 0.198. The third-order valence-electron chi connectivity index (χ3n) is 8.37. The molecule has 0 radical (unpaired) electrons. The van der Waals surface area contributed by atoms with E-state index in [1.165, 1.54) is 22.3 Å². The summed E-state index contributed by atoms with van der Waals surface area (Å²) in [5, 5.41) is 16.7. The number of anilines is 2. The molecule has 2 aromatic heterocycles. The van der Waals surface area contributed by atoms with Crippen LogP contribution in [0.4, 0.5) is 11.6 Å². The van der Waals surface area contributed by atoms with Crippen LogP contribution in [0, 0.1) is 6.92 Å². The van der Waals surface area contributed by atoms with Crippen LogP contribution >= 0.6 is 0 Å². The fraction of sp³-hybridized carbons (Fsp3) is 0.412. The highest BCUT2D eigenvalue weighted by Gasteiger charge is 2.16. The summed E-state index contributed by atoms with van der Waals surface area (Å²) in [7, 11) is 2.04. The summed E-state index contributed by atoms with van der Waals surface area (Å²) in [6.45, 7) is 9.27. The van der Waals surface area contributed by atoms with Crippen molar-refractivity contribution in [2.75, 3.05) is 56.6 Å². The second kappa shape index (κ2) is 13.6. The number of benzene rings is 3. The maximum atomic E-state index is 9.36. The number of fused-ring (bicyclic) bond motifs is 2. The Hall–Kier alpha value is -3.92. The monoisotopic (exact) mass is 581 g/mol. The number of nitrogens with zero attached hydrogens (tertiary/aromatic N) is 5. The molecule has 0 saturated carbocycles. The van der Waals surface area contributed by atoms with Gasteiger partial charge >= 0.3 is 0 Å². The second-order valence-electron chi connectivity index (χ2n) is 11.6. The minimum absolute atomic E-state index is 0.198. The molecule has 0 bridgehead atoms. The molecule has 0 amide bonds. The average molecular weight is 582 g/mol. The third-order valence-corrected chi connectivity index (χ3v) is 8.37. The van der Waals surface area contributed by atoms with Crippen molar-refractivity contribution in [1.82, 2.24) is 24.0 Å². The summed E-state index contributed by atoms with van der Waals surface area (Å²) in [6, 6.07) is 19.5. The zero-order chi connectivity index (χ0) is 29.6. The number of aryl methyl sites for hydroxylation is 3. The minimum Gasteiger partial charge on any atom is -0.396 e. The molecule has 9 heteroatoms. The van der Waals surface area contributed by atoms with Crippen LogP contribution in [0.1, 0.15) is 35.1 Å². The number of ether oxygens (including phenoxy) is 1. The average Bonchev–Trinajstić information content (AvgIpc) is 3.58. The van der Waals surface area contributed by atoms with Crippen LogP contribution in [0.5, 0.6) is 0 Å². The topological polar surface area (TPSA) is 92.4 Å². The Labute approximate surface area is 253 Å². The molecule has 1 aliphatic rings. The lowest BCUT2D eigenvalue weighted by atomic mass is 10.0. The predicted octanol–water partition coefficient (Wildman–Crippen LogP) is 4.95. The zero-order valence-electron chi connectivity index (χ0n) is 25.4. The van der Waals surface area contributed by atoms with Gasteiger partial charge in [-0.1, -0.05) is 30.3 Å². The quantitative estimate of drug-likeness (QED) is 0.170. The summed E-state index contributed by atoms with van der Waals surface area (Å²) < 4.78 is 9.87. The van der Waals surface area contributed by atoms with E-state index in [0.717, 1.165) is 92.4 Å². The van der Waals surface area contributed by atoms with Crippen molar-refractivity contribution in [2.45, 2.75) is 39.3 Å². The van der Waals surface area contributed by atoms with E-state index in [4.69, 9.17) is 14.7 Å². The normalized spacial score (nSPS) is 14.1. The van der Waals surface area contributed by atoms with Crippen molar-refractivity contribution in [2.24, 2.45) is 7.05 Å². The highest BCUT2D eigenvalue weighted by Crippen LogP contribution is 2.26. The molecular weight excluding hydrogens is 538 g/mol. The number of rotatable bonds is 13. The van der Waals surface area contributed by atoms with Crippen molar-refractivity contribution >= 4 is 33.7 Å². The van der Waals surface area contributed by atoms with Gasteiger partial charge in [0.15, 0.2) is 0 Å². The number of morpholine rings is 1. The van der Waals surface area contributed by atoms with Gasteiger partial charge in [0.05, 0.1) is 48.2 Å². The van der Waals surface area contributed by atoms with Gasteiger partial charge in [-0.25, -0.2) is 9.97 Å². The predicted molar refractivity (Wildman–Crippen MR) is 174 cm³/mol. The van der Waals surface area contributed by atoms with Gasteiger partial charge < -0.3 is 29.6 Å². The Kier molecular flexibility index (Phi) is 9.21. The number of hydrogen-bond acceptors (Lipinski definition) is 7.